The van der Waals surface area contributed by atoms with Crippen molar-refractivity contribution in [1.82, 2.24) is 4.90 Å². The van der Waals surface area contributed by atoms with Gasteiger partial charge in [-0.25, -0.2) is 4.79 Å². The fourth-order valence-electron chi connectivity index (χ4n) is 3.37. The second-order valence-electron chi connectivity index (χ2n) is 7.95. The molecule has 144 valence electrons. The van der Waals surface area contributed by atoms with Gasteiger partial charge in [0.1, 0.15) is 11.4 Å². The summed E-state index contributed by atoms with van der Waals surface area (Å²) in [5.41, 5.74) is 2.15. The molecule has 0 atom stereocenters. The molecule has 0 radical (unpaired) electrons. The lowest BCUT2D eigenvalue weighted by Crippen LogP contribution is -2.73. The van der Waals surface area contributed by atoms with E-state index in [9.17, 15) is 4.79 Å². The van der Waals surface area contributed by atoms with Gasteiger partial charge in [-0.05, 0) is 39.3 Å². The van der Waals surface area contributed by atoms with Gasteiger partial charge in [-0.15, -0.1) is 0 Å². The second-order valence-corrected chi connectivity index (χ2v) is 7.95. The standard InChI is InChI=1S/C18H26N2O3.CH2O2/c1-13-6-7-14(8-15(13)22-5)19-9-18(10-19)11-20(12-18)16(21)23-17(2,3)4;2-1-3/h6-8H,9-12H2,1-5H3;1H,(H,2,3). The van der Waals surface area contributed by atoms with Gasteiger partial charge in [-0.2, -0.15) is 0 Å². The van der Waals surface area contributed by atoms with Crippen molar-refractivity contribution in [3.63, 3.8) is 0 Å². The first-order valence-corrected chi connectivity index (χ1v) is 8.58. The van der Waals surface area contributed by atoms with Gasteiger partial charge in [-0.1, -0.05) is 6.07 Å². The molecule has 7 nitrogen and oxygen atoms in total. The number of nitrogens with zero attached hydrogens (tertiary/aromatic N) is 2. The van der Waals surface area contributed by atoms with Crippen LogP contribution in [0.1, 0.15) is 26.3 Å². The monoisotopic (exact) mass is 364 g/mol. The molecule has 1 aromatic carbocycles. The van der Waals surface area contributed by atoms with Crippen molar-refractivity contribution in [2.45, 2.75) is 33.3 Å². The number of ether oxygens (including phenoxy) is 2. The predicted octanol–water partition coefficient (Wildman–Crippen LogP) is 2.76. The molecule has 0 bridgehead atoms. The number of carboxylic acid groups (broad SMARTS) is 1. The SMILES string of the molecule is COc1cc(N2CC3(CN(C(=O)OC(C)(C)C)C3)C2)ccc1C.O=CO. The molecule has 2 aliphatic rings. The number of carbonyl (C=O) groups is 2. The summed E-state index contributed by atoms with van der Waals surface area (Å²) < 4.78 is 10.8. The van der Waals surface area contributed by atoms with Crippen LogP contribution in [0.5, 0.6) is 5.75 Å². The highest BCUT2D eigenvalue weighted by Gasteiger charge is 2.54. The number of likely N-dealkylation sites (tertiary alicyclic amines) is 1. The van der Waals surface area contributed by atoms with Gasteiger partial charge < -0.3 is 24.4 Å². The average Bonchev–Trinajstić information content (AvgIpc) is 2.44. The molecule has 2 saturated heterocycles. The molecule has 1 spiro atoms. The molecule has 2 heterocycles. The Morgan fingerprint density at radius 1 is 1.23 bits per heavy atom. The number of methoxy groups -OCH3 is 1. The van der Waals surface area contributed by atoms with E-state index in [1.165, 1.54) is 5.69 Å². The Kier molecular flexibility index (Phi) is 5.68. The number of amides is 1. The minimum Gasteiger partial charge on any atom is -0.496 e. The second kappa shape index (κ2) is 7.43. The maximum atomic E-state index is 12.0. The zero-order chi connectivity index (χ0) is 19.5. The van der Waals surface area contributed by atoms with Crippen LogP contribution < -0.4 is 9.64 Å². The maximum absolute atomic E-state index is 12.0. The predicted molar refractivity (Wildman–Crippen MR) is 98.9 cm³/mol. The van der Waals surface area contributed by atoms with Crippen molar-refractivity contribution in [1.29, 1.82) is 0 Å². The summed E-state index contributed by atoms with van der Waals surface area (Å²) in [4.78, 5) is 24.5. The summed E-state index contributed by atoms with van der Waals surface area (Å²) in [6.07, 6.45) is -0.196. The van der Waals surface area contributed by atoms with Gasteiger partial charge in [0.15, 0.2) is 0 Å². The van der Waals surface area contributed by atoms with Gasteiger partial charge in [0.25, 0.3) is 6.47 Å². The van der Waals surface area contributed by atoms with E-state index in [2.05, 4.69) is 23.1 Å². The highest BCUT2D eigenvalue weighted by molar-refractivity contribution is 5.70. The summed E-state index contributed by atoms with van der Waals surface area (Å²) in [7, 11) is 1.70. The molecule has 7 heteroatoms. The van der Waals surface area contributed by atoms with Crippen molar-refractivity contribution in [3.05, 3.63) is 23.8 Å². The van der Waals surface area contributed by atoms with Gasteiger partial charge >= 0.3 is 6.09 Å². The first kappa shape index (κ1) is 19.9. The maximum Gasteiger partial charge on any atom is 0.410 e. The average molecular weight is 364 g/mol. The molecule has 0 aromatic heterocycles. The number of aryl methyl sites for hydroxylation is 1. The number of anilines is 1. The molecule has 3 rings (SSSR count). The minimum absolute atomic E-state index is 0.196. The Hall–Kier alpha value is -2.44. The Morgan fingerprint density at radius 2 is 1.81 bits per heavy atom. The highest BCUT2D eigenvalue weighted by Crippen LogP contribution is 2.43. The normalized spacial score (nSPS) is 17.4. The minimum atomic E-state index is -0.427. The first-order chi connectivity index (χ1) is 12.1. The van der Waals surface area contributed by atoms with Crippen LogP contribution in [0.25, 0.3) is 0 Å². The van der Waals surface area contributed by atoms with E-state index < -0.39 is 5.60 Å². The zero-order valence-electron chi connectivity index (χ0n) is 16.1. The molecular weight excluding hydrogens is 336 g/mol. The largest absolute Gasteiger partial charge is 0.496 e. The molecule has 0 aliphatic carbocycles. The molecule has 1 N–H and O–H groups in total. The zero-order valence-corrected chi connectivity index (χ0v) is 16.1. The summed E-state index contributed by atoms with van der Waals surface area (Å²) in [5.74, 6) is 0.924. The van der Waals surface area contributed by atoms with E-state index in [1.54, 1.807) is 12.0 Å². The van der Waals surface area contributed by atoms with Crippen molar-refractivity contribution in [3.8, 4) is 5.75 Å². The molecule has 26 heavy (non-hydrogen) atoms. The Balaban J connectivity index is 0.000000758. The Bertz CT molecular complexity index is 654. The van der Waals surface area contributed by atoms with Crippen LogP contribution in [-0.2, 0) is 9.53 Å². The summed E-state index contributed by atoms with van der Waals surface area (Å²) in [5, 5.41) is 6.89. The first-order valence-electron chi connectivity index (χ1n) is 8.58. The fraction of sp³-hybridized carbons (Fsp3) is 0.579. The summed E-state index contributed by atoms with van der Waals surface area (Å²) >= 11 is 0. The molecule has 1 aromatic rings. The van der Waals surface area contributed by atoms with E-state index in [0.717, 1.165) is 37.5 Å². The quantitative estimate of drug-likeness (QED) is 0.813. The van der Waals surface area contributed by atoms with Crippen LogP contribution in [0.2, 0.25) is 0 Å². The van der Waals surface area contributed by atoms with Crippen molar-refractivity contribution in [2.75, 3.05) is 38.2 Å². The van der Waals surface area contributed by atoms with Crippen LogP contribution in [0.3, 0.4) is 0 Å². The lowest BCUT2D eigenvalue weighted by atomic mass is 9.73. The number of rotatable bonds is 2. The van der Waals surface area contributed by atoms with E-state index in [4.69, 9.17) is 19.4 Å². The topological polar surface area (TPSA) is 79.3 Å². The van der Waals surface area contributed by atoms with Crippen molar-refractivity contribution >= 4 is 18.3 Å². The van der Waals surface area contributed by atoms with E-state index in [0.29, 0.717) is 0 Å². The van der Waals surface area contributed by atoms with Crippen molar-refractivity contribution < 1.29 is 24.2 Å². The number of carbonyl (C=O) groups excluding carboxylic acids is 1. The van der Waals surface area contributed by atoms with Gasteiger partial charge in [0.05, 0.1) is 7.11 Å². The molecule has 1 amide bonds. The van der Waals surface area contributed by atoms with Crippen LogP contribution in [0, 0.1) is 12.3 Å². The third-order valence-electron chi connectivity index (χ3n) is 4.51. The Labute approximate surface area is 154 Å². The molecule has 0 unspecified atom stereocenters. The van der Waals surface area contributed by atoms with Gasteiger partial charge in [0.2, 0.25) is 0 Å². The lowest BCUT2D eigenvalue weighted by molar-refractivity contribution is -0.122. The van der Waals surface area contributed by atoms with E-state index >= 15 is 0 Å². The highest BCUT2D eigenvalue weighted by atomic mass is 16.6. The fourth-order valence-corrected chi connectivity index (χ4v) is 3.37. The summed E-state index contributed by atoms with van der Waals surface area (Å²) in [6, 6.07) is 6.31. The van der Waals surface area contributed by atoms with Crippen LogP contribution >= 0.6 is 0 Å². The number of hydrogen-bond donors (Lipinski definition) is 1. The van der Waals surface area contributed by atoms with Gasteiger partial charge in [-0.3, -0.25) is 4.79 Å². The van der Waals surface area contributed by atoms with E-state index in [-0.39, 0.29) is 18.0 Å². The molecule has 2 aliphatic heterocycles. The summed E-state index contributed by atoms with van der Waals surface area (Å²) in [6.45, 7) is 11.0. The van der Waals surface area contributed by atoms with E-state index in [1.807, 2.05) is 27.7 Å². The van der Waals surface area contributed by atoms with Crippen molar-refractivity contribution in [2.24, 2.45) is 5.41 Å². The lowest BCUT2D eigenvalue weighted by Gasteiger charge is -2.60. The van der Waals surface area contributed by atoms with Crippen LogP contribution in [-0.4, -0.2) is 61.5 Å². The number of hydrogen-bond acceptors (Lipinski definition) is 5. The third-order valence-corrected chi connectivity index (χ3v) is 4.51. The smallest absolute Gasteiger partial charge is 0.410 e. The van der Waals surface area contributed by atoms with Gasteiger partial charge in [0, 0.05) is 43.3 Å². The number of benzene rings is 1. The molecule has 0 saturated carbocycles. The van der Waals surface area contributed by atoms with Crippen LogP contribution in [0.15, 0.2) is 18.2 Å². The molecular formula is C19H28N2O5. The third kappa shape index (κ3) is 4.39. The van der Waals surface area contributed by atoms with Crippen LogP contribution in [0.4, 0.5) is 10.5 Å². The Morgan fingerprint density at radius 3 is 2.31 bits per heavy atom. The molecule has 2 fully saturated rings.